The van der Waals surface area contributed by atoms with Gasteiger partial charge in [0.15, 0.2) is 0 Å². The smallest absolute Gasteiger partial charge is 0.146 e. The molecule has 0 bridgehead atoms. The van der Waals surface area contributed by atoms with Crippen LogP contribution in [0.25, 0.3) is 0 Å². The second-order valence-corrected chi connectivity index (χ2v) is 4.68. The zero-order valence-electron chi connectivity index (χ0n) is 10.4. The molecule has 0 unspecified atom stereocenters. The van der Waals surface area contributed by atoms with Crippen LogP contribution in [-0.2, 0) is 0 Å². The largest absolute Gasteiger partial charge is 0.261 e. The number of anilines is 1. The normalized spacial score (nSPS) is 11.4. The summed E-state index contributed by atoms with van der Waals surface area (Å²) >= 11 is 11.9. The zero-order chi connectivity index (χ0) is 13.7. The molecule has 98 valence electrons. The minimum absolute atomic E-state index is 0.526. The summed E-state index contributed by atoms with van der Waals surface area (Å²) in [7, 11) is 0. The van der Waals surface area contributed by atoms with E-state index in [1.54, 1.807) is 12.3 Å². The van der Waals surface area contributed by atoms with E-state index in [0.717, 1.165) is 17.7 Å². The minimum atomic E-state index is 0.526. The number of hydrogen-bond acceptors (Lipinski definition) is 3. The Morgan fingerprint density at radius 1 is 1.21 bits per heavy atom. The number of aromatic nitrogens is 1. The number of hydrogen-bond donors (Lipinski definition) is 1. The second-order valence-electron chi connectivity index (χ2n) is 3.87. The van der Waals surface area contributed by atoms with Crippen molar-refractivity contribution in [2.24, 2.45) is 5.10 Å². The molecule has 0 atom stereocenters. The van der Waals surface area contributed by atoms with Gasteiger partial charge in [-0.05, 0) is 36.2 Å². The average Bonchev–Trinajstić information content (AvgIpc) is 2.44. The quantitative estimate of drug-likeness (QED) is 0.660. The monoisotopic (exact) mass is 293 g/mol. The summed E-state index contributed by atoms with van der Waals surface area (Å²) in [5.41, 5.74) is 4.77. The van der Waals surface area contributed by atoms with Crippen molar-refractivity contribution in [3.63, 3.8) is 0 Å². The molecule has 2 rings (SSSR count). The zero-order valence-corrected chi connectivity index (χ0v) is 11.9. The first-order chi connectivity index (χ1) is 9.20. The lowest BCUT2D eigenvalue weighted by Gasteiger charge is -2.06. The molecule has 0 aliphatic heterocycles. The van der Waals surface area contributed by atoms with Gasteiger partial charge in [-0.15, -0.1) is 0 Å². The Labute approximate surface area is 122 Å². The van der Waals surface area contributed by atoms with Crippen LogP contribution in [0.5, 0.6) is 0 Å². The standard InChI is InChI=1S/C14H13Cl2N3/c1-2-13(10-6-7-11(15)12(16)9-10)18-19-14-5-3-4-8-17-14/h3-9H,2H2,1H3,(H,17,19)/b18-13-. The molecule has 3 nitrogen and oxygen atoms in total. The second kappa shape index (κ2) is 6.55. The Balaban J connectivity index is 2.21. The van der Waals surface area contributed by atoms with Crippen molar-refractivity contribution in [2.45, 2.75) is 13.3 Å². The molecule has 0 saturated heterocycles. The first kappa shape index (κ1) is 13.8. The minimum Gasteiger partial charge on any atom is -0.261 e. The van der Waals surface area contributed by atoms with Crippen LogP contribution in [0.1, 0.15) is 18.9 Å². The highest BCUT2D eigenvalue weighted by Gasteiger charge is 2.05. The van der Waals surface area contributed by atoms with Gasteiger partial charge in [0.25, 0.3) is 0 Å². The van der Waals surface area contributed by atoms with Crippen molar-refractivity contribution in [3.8, 4) is 0 Å². The van der Waals surface area contributed by atoms with Crippen molar-refractivity contribution in [1.82, 2.24) is 4.98 Å². The summed E-state index contributed by atoms with van der Waals surface area (Å²) in [6, 6.07) is 11.1. The third-order valence-electron chi connectivity index (χ3n) is 2.56. The van der Waals surface area contributed by atoms with Crippen LogP contribution in [0.3, 0.4) is 0 Å². The maximum absolute atomic E-state index is 6.01. The topological polar surface area (TPSA) is 37.3 Å². The highest BCUT2D eigenvalue weighted by atomic mass is 35.5. The van der Waals surface area contributed by atoms with Crippen LogP contribution in [0, 0.1) is 0 Å². The van der Waals surface area contributed by atoms with E-state index in [1.807, 2.05) is 37.3 Å². The lowest BCUT2D eigenvalue weighted by Crippen LogP contribution is -2.03. The van der Waals surface area contributed by atoms with Gasteiger partial charge in [-0.25, -0.2) is 4.98 Å². The summed E-state index contributed by atoms with van der Waals surface area (Å²) < 4.78 is 0. The van der Waals surface area contributed by atoms with Crippen molar-refractivity contribution in [2.75, 3.05) is 5.43 Å². The predicted molar refractivity (Wildman–Crippen MR) is 81.1 cm³/mol. The molecular formula is C14H13Cl2N3. The summed E-state index contributed by atoms with van der Waals surface area (Å²) in [5, 5.41) is 5.42. The van der Waals surface area contributed by atoms with E-state index in [2.05, 4.69) is 15.5 Å². The van der Waals surface area contributed by atoms with Gasteiger partial charge in [-0.1, -0.05) is 42.3 Å². The van der Waals surface area contributed by atoms with E-state index >= 15 is 0 Å². The van der Waals surface area contributed by atoms with Gasteiger partial charge >= 0.3 is 0 Å². The molecule has 5 heteroatoms. The molecule has 0 radical (unpaired) electrons. The number of hydrazone groups is 1. The average molecular weight is 294 g/mol. The summed E-state index contributed by atoms with van der Waals surface area (Å²) in [6.07, 6.45) is 2.49. The summed E-state index contributed by atoms with van der Waals surface area (Å²) in [5.74, 6) is 0.702. The molecule has 0 amide bonds. The molecule has 0 saturated carbocycles. The maximum atomic E-state index is 6.01. The van der Waals surface area contributed by atoms with Crippen molar-refractivity contribution in [1.29, 1.82) is 0 Å². The molecule has 0 aliphatic carbocycles. The van der Waals surface area contributed by atoms with E-state index in [4.69, 9.17) is 23.2 Å². The highest BCUT2D eigenvalue weighted by Crippen LogP contribution is 2.23. The van der Waals surface area contributed by atoms with Crippen LogP contribution < -0.4 is 5.43 Å². The number of nitrogens with zero attached hydrogens (tertiary/aromatic N) is 2. The lowest BCUT2D eigenvalue weighted by atomic mass is 10.1. The Hall–Kier alpha value is -1.58. The van der Waals surface area contributed by atoms with Crippen molar-refractivity contribution >= 4 is 34.7 Å². The van der Waals surface area contributed by atoms with Crippen LogP contribution >= 0.6 is 23.2 Å². The number of halogens is 2. The lowest BCUT2D eigenvalue weighted by molar-refractivity contribution is 1.18. The van der Waals surface area contributed by atoms with Gasteiger partial charge in [-0.3, -0.25) is 5.43 Å². The molecule has 0 spiro atoms. The molecular weight excluding hydrogens is 281 g/mol. The van der Waals surface area contributed by atoms with E-state index in [9.17, 15) is 0 Å². The van der Waals surface area contributed by atoms with E-state index in [-0.39, 0.29) is 0 Å². The molecule has 1 heterocycles. The van der Waals surface area contributed by atoms with Crippen LogP contribution in [0.15, 0.2) is 47.7 Å². The third kappa shape index (κ3) is 3.69. The fourth-order valence-electron chi connectivity index (χ4n) is 1.58. The van der Waals surface area contributed by atoms with Gasteiger partial charge in [0.05, 0.1) is 15.8 Å². The number of pyridine rings is 1. The first-order valence-corrected chi connectivity index (χ1v) is 6.65. The Morgan fingerprint density at radius 3 is 2.68 bits per heavy atom. The van der Waals surface area contributed by atoms with Crippen LogP contribution in [-0.4, -0.2) is 10.7 Å². The van der Waals surface area contributed by atoms with Gasteiger partial charge in [0, 0.05) is 6.20 Å². The van der Waals surface area contributed by atoms with E-state index in [1.165, 1.54) is 0 Å². The molecule has 2 aromatic rings. The first-order valence-electron chi connectivity index (χ1n) is 5.89. The Kier molecular flexibility index (Phi) is 4.77. The predicted octanol–water partition coefficient (Wildman–Crippen LogP) is 4.61. The van der Waals surface area contributed by atoms with Gasteiger partial charge < -0.3 is 0 Å². The SMILES string of the molecule is CC/C(=N/Nc1ccccn1)c1ccc(Cl)c(Cl)c1. The third-order valence-corrected chi connectivity index (χ3v) is 3.30. The van der Waals surface area contributed by atoms with Gasteiger partial charge in [0.2, 0.25) is 0 Å². The highest BCUT2D eigenvalue weighted by molar-refractivity contribution is 6.42. The van der Waals surface area contributed by atoms with Crippen LogP contribution in [0.4, 0.5) is 5.82 Å². The summed E-state index contributed by atoms with van der Waals surface area (Å²) in [4.78, 5) is 4.14. The van der Waals surface area contributed by atoms with Crippen LogP contribution in [0.2, 0.25) is 10.0 Å². The molecule has 0 aliphatic rings. The fraction of sp³-hybridized carbons (Fsp3) is 0.143. The Morgan fingerprint density at radius 2 is 2.05 bits per heavy atom. The van der Waals surface area contributed by atoms with E-state index in [0.29, 0.717) is 15.9 Å². The fourth-order valence-corrected chi connectivity index (χ4v) is 1.88. The van der Waals surface area contributed by atoms with Crippen molar-refractivity contribution < 1.29 is 0 Å². The summed E-state index contributed by atoms with van der Waals surface area (Å²) in [6.45, 7) is 2.03. The maximum Gasteiger partial charge on any atom is 0.146 e. The number of nitrogens with one attached hydrogen (secondary N) is 1. The van der Waals surface area contributed by atoms with Crippen molar-refractivity contribution in [3.05, 3.63) is 58.2 Å². The molecule has 19 heavy (non-hydrogen) atoms. The number of benzene rings is 1. The molecule has 1 aromatic heterocycles. The molecule has 1 aromatic carbocycles. The van der Waals surface area contributed by atoms with Gasteiger partial charge in [0.1, 0.15) is 5.82 Å². The van der Waals surface area contributed by atoms with E-state index < -0.39 is 0 Å². The number of rotatable bonds is 4. The molecule has 0 fully saturated rings. The molecule has 1 N–H and O–H groups in total. The van der Waals surface area contributed by atoms with Gasteiger partial charge in [-0.2, -0.15) is 5.10 Å². The Bertz CT molecular complexity index is 582.